The Morgan fingerprint density at radius 1 is 1.07 bits per heavy atom. The molecule has 5 nitrogen and oxygen atoms in total. The topological polar surface area (TPSA) is 50.8 Å². The average molecular weight is 366 g/mol. The summed E-state index contributed by atoms with van der Waals surface area (Å²) in [5.41, 5.74) is 3.37. The number of carbonyl (C=O) groups excluding carboxylic acids is 1. The lowest BCUT2D eigenvalue weighted by Gasteiger charge is -2.28. The summed E-state index contributed by atoms with van der Waals surface area (Å²) < 4.78 is 10.6. The molecular weight excluding hydrogens is 340 g/mol. The predicted molar refractivity (Wildman–Crippen MR) is 108 cm³/mol. The van der Waals surface area contributed by atoms with Crippen LogP contribution in [0.2, 0.25) is 0 Å². The van der Waals surface area contributed by atoms with E-state index in [2.05, 4.69) is 46.6 Å². The number of rotatable bonds is 7. The standard InChI is InChI=1S/C22H26N2O3/c25-22(27-18-20-7-2-1-3-8-20)23-13-5-4-6-19-9-11-21(12-10-19)24-14-16-26-17-15-24/h1-4,6-12H,5,13-18H2,(H,23,25). The summed E-state index contributed by atoms with van der Waals surface area (Å²) in [4.78, 5) is 14.0. The first kappa shape index (κ1) is 19.0. The van der Waals surface area contributed by atoms with E-state index in [9.17, 15) is 4.79 Å². The molecule has 0 atom stereocenters. The zero-order valence-corrected chi connectivity index (χ0v) is 15.5. The van der Waals surface area contributed by atoms with Gasteiger partial charge in [-0.05, 0) is 29.7 Å². The molecule has 5 heteroatoms. The molecule has 0 radical (unpaired) electrons. The van der Waals surface area contributed by atoms with Crippen LogP contribution >= 0.6 is 0 Å². The number of anilines is 1. The Morgan fingerprint density at radius 3 is 2.56 bits per heavy atom. The minimum Gasteiger partial charge on any atom is -0.445 e. The van der Waals surface area contributed by atoms with Gasteiger partial charge in [-0.3, -0.25) is 0 Å². The fourth-order valence-electron chi connectivity index (χ4n) is 2.87. The van der Waals surface area contributed by atoms with Crippen molar-refractivity contribution in [1.29, 1.82) is 0 Å². The van der Waals surface area contributed by atoms with E-state index in [1.165, 1.54) is 5.69 Å². The molecule has 2 aromatic rings. The van der Waals surface area contributed by atoms with E-state index in [4.69, 9.17) is 9.47 Å². The number of alkyl carbamates (subject to hydrolysis) is 1. The Kier molecular flexibility index (Phi) is 7.30. The highest BCUT2D eigenvalue weighted by Crippen LogP contribution is 2.17. The van der Waals surface area contributed by atoms with Crippen molar-refractivity contribution >= 4 is 17.9 Å². The molecular formula is C22H26N2O3. The smallest absolute Gasteiger partial charge is 0.407 e. The summed E-state index contributed by atoms with van der Waals surface area (Å²) in [5.74, 6) is 0. The molecule has 0 saturated carbocycles. The highest BCUT2D eigenvalue weighted by atomic mass is 16.5. The van der Waals surface area contributed by atoms with Crippen LogP contribution in [0.3, 0.4) is 0 Å². The first-order valence-electron chi connectivity index (χ1n) is 9.35. The fourth-order valence-corrected chi connectivity index (χ4v) is 2.87. The lowest BCUT2D eigenvalue weighted by atomic mass is 10.1. The Bertz CT molecular complexity index is 723. The van der Waals surface area contributed by atoms with Gasteiger partial charge in [0.2, 0.25) is 0 Å². The number of nitrogens with zero attached hydrogens (tertiary/aromatic N) is 1. The van der Waals surface area contributed by atoms with Gasteiger partial charge in [0.25, 0.3) is 0 Å². The first-order valence-corrected chi connectivity index (χ1v) is 9.35. The van der Waals surface area contributed by atoms with Gasteiger partial charge in [-0.25, -0.2) is 4.79 Å². The highest BCUT2D eigenvalue weighted by Gasteiger charge is 2.10. The lowest BCUT2D eigenvalue weighted by molar-refractivity contribution is 0.122. The van der Waals surface area contributed by atoms with Gasteiger partial charge in [-0.15, -0.1) is 0 Å². The van der Waals surface area contributed by atoms with Gasteiger partial charge < -0.3 is 19.7 Å². The Morgan fingerprint density at radius 2 is 1.81 bits per heavy atom. The Labute approximate surface area is 160 Å². The van der Waals surface area contributed by atoms with E-state index < -0.39 is 0 Å². The number of ether oxygens (including phenoxy) is 2. The molecule has 0 bridgehead atoms. The van der Waals surface area contributed by atoms with E-state index in [1.807, 2.05) is 30.3 Å². The molecule has 0 unspecified atom stereocenters. The predicted octanol–water partition coefficient (Wildman–Crippen LogP) is 3.85. The first-order chi connectivity index (χ1) is 13.3. The van der Waals surface area contributed by atoms with Gasteiger partial charge in [0.1, 0.15) is 6.61 Å². The van der Waals surface area contributed by atoms with Crippen molar-refractivity contribution in [1.82, 2.24) is 5.32 Å². The minimum atomic E-state index is -0.387. The molecule has 27 heavy (non-hydrogen) atoms. The Hall–Kier alpha value is -2.79. The Balaban J connectivity index is 1.33. The molecule has 0 spiro atoms. The maximum absolute atomic E-state index is 11.7. The number of benzene rings is 2. The van der Waals surface area contributed by atoms with Crippen molar-refractivity contribution < 1.29 is 14.3 Å². The van der Waals surface area contributed by atoms with E-state index in [1.54, 1.807) is 0 Å². The minimum absolute atomic E-state index is 0.290. The second-order valence-corrected chi connectivity index (χ2v) is 6.37. The zero-order chi connectivity index (χ0) is 18.7. The number of amides is 1. The molecule has 1 heterocycles. The van der Waals surface area contributed by atoms with Gasteiger partial charge in [0, 0.05) is 25.3 Å². The number of carbonyl (C=O) groups is 1. The van der Waals surface area contributed by atoms with Gasteiger partial charge in [-0.1, -0.05) is 54.6 Å². The van der Waals surface area contributed by atoms with E-state index in [-0.39, 0.29) is 12.7 Å². The van der Waals surface area contributed by atoms with Crippen LogP contribution in [-0.2, 0) is 16.1 Å². The van der Waals surface area contributed by atoms with Crippen LogP contribution in [0.1, 0.15) is 17.5 Å². The summed E-state index contributed by atoms with van der Waals surface area (Å²) in [5, 5.41) is 2.76. The van der Waals surface area contributed by atoms with Crippen LogP contribution in [0.25, 0.3) is 6.08 Å². The maximum Gasteiger partial charge on any atom is 0.407 e. The molecule has 0 aromatic heterocycles. The van der Waals surface area contributed by atoms with Gasteiger partial charge >= 0.3 is 6.09 Å². The summed E-state index contributed by atoms with van der Waals surface area (Å²) >= 11 is 0. The SMILES string of the molecule is O=C(NCCC=Cc1ccc(N2CCOCC2)cc1)OCc1ccccc1. The highest BCUT2D eigenvalue weighted by molar-refractivity contribution is 5.67. The van der Waals surface area contributed by atoms with Crippen LogP contribution in [0.15, 0.2) is 60.7 Å². The third-order valence-corrected chi connectivity index (χ3v) is 4.37. The van der Waals surface area contributed by atoms with Crippen LogP contribution in [-0.4, -0.2) is 38.9 Å². The van der Waals surface area contributed by atoms with Crippen molar-refractivity contribution in [3.63, 3.8) is 0 Å². The summed E-state index contributed by atoms with van der Waals surface area (Å²) in [6.45, 7) is 4.32. The van der Waals surface area contributed by atoms with Gasteiger partial charge in [-0.2, -0.15) is 0 Å². The average Bonchev–Trinajstić information content (AvgIpc) is 2.74. The van der Waals surface area contributed by atoms with Crippen LogP contribution in [0.4, 0.5) is 10.5 Å². The molecule has 1 aliphatic heterocycles. The number of hydrogen-bond acceptors (Lipinski definition) is 4. The molecule has 1 saturated heterocycles. The summed E-state index contributed by atoms with van der Waals surface area (Å²) in [6.07, 6.45) is 4.49. The number of nitrogens with one attached hydrogen (secondary N) is 1. The molecule has 142 valence electrons. The number of morpholine rings is 1. The normalized spacial score (nSPS) is 14.3. The van der Waals surface area contributed by atoms with Crippen molar-refractivity contribution in [3.05, 3.63) is 71.8 Å². The monoisotopic (exact) mass is 366 g/mol. The van der Waals surface area contributed by atoms with E-state index >= 15 is 0 Å². The van der Waals surface area contributed by atoms with Crippen molar-refractivity contribution in [2.75, 3.05) is 37.7 Å². The third kappa shape index (κ3) is 6.46. The molecule has 2 aromatic carbocycles. The van der Waals surface area contributed by atoms with E-state index in [0.717, 1.165) is 43.9 Å². The third-order valence-electron chi connectivity index (χ3n) is 4.37. The zero-order valence-electron chi connectivity index (χ0n) is 15.5. The summed E-state index contributed by atoms with van der Waals surface area (Å²) in [6, 6.07) is 18.2. The molecule has 0 aliphatic carbocycles. The molecule has 1 aliphatic rings. The number of hydrogen-bond donors (Lipinski definition) is 1. The fraction of sp³-hybridized carbons (Fsp3) is 0.318. The molecule has 1 fully saturated rings. The van der Waals surface area contributed by atoms with Gasteiger partial charge in [0.05, 0.1) is 13.2 Å². The molecule has 1 amide bonds. The molecule has 3 rings (SSSR count). The van der Waals surface area contributed by atoms with Crippen LogP contribution in [0.5, 0.6) is 0 Å². The van der Waals surface area contributed by atoms with Gasteiger partial charge in [0.15, 0.2) is 0 Å². The van der Waals surface area contributed by atoms with Crippen LogP contribution < -0.4 is 10.2 Å². The van der Waals surface area contributed by atoms with Crippen molar-refractivity contribution in [2.24, 2.45) is 0 Å². The second-order valence-electron chi connectivity index (χ2n) is 6.37. The largest absolute Gasteiger partial charge is 0.445 e. The van der Waals surface area contributed by atoms with Crippen LogP contribution in [0, 0.1) is 0 Å². The lowest BCUT2D eigenvalue weighted by Crippen LogP contribution is -2.36. The second kappa shape index (κ2) is 10.4. The van der Waals surface area contributed by atoms with E-state index in [0.29, 0.717) is 6.54 Å². The maximum atomic E-state index is 11.7. The van der Waals surface area contributed by atoms with Crippen molar-refractivity contribution in [3.8, 4) is 0 Å². The summed E-state index contributed by atoms with van der Waals surface area (Å²) in [7, 11) is 0. The quantitative estimate of drug-likeness (QED) is 0.756. The van der Waals surface area contributed by atoms with Crippen molar-refractivity contribution in [2.45, 2.75) is 13.0 Å². The molecule has 1 N–H and O–H groups in total.